The van der Waals surface area contributed by atoms with Crippen molar-refractivity contribution in [1.29, 1.82) is 0 Å². The van der Waals surface area contributed by atoms with Crippen molar-refractivity contribution in [3.63, 3.8) is 0 Å². The number of thioether (sulfide) groups is 1. The second-order valence-corrected chi connectivity index (χ2v) is 3.55. The van der Waals surface area contributed by atoms with Crippen LogP contribution in [-0.4, -0.2) is 26.0 Å². The van der Waals surface area contributed by atoms with Gasteiger partial charge < -0.3 is 10.1 Å². The van der Waals surface area contributed by atoms with Gasteiger partial charge in [-0.05, 0) is 30.5 Å². The molecular formula is C10H13NO2S. The van der Waals surface area contributed by atoms with Crippen molar-refractivity contribution < 1.29 is 9.53 Å². The Morgan fingerprint density at radius 3 is 2.57 bits per heavy atom. The lowest BCUT2D eigenvalue weighted by molar-refractivity contribution is 0.0872. The zero-order chi connectivity index (χ0) is 10.4. The number of hydrogen-bond acceptors (Lipinski definition) is 3. The monoisotopic (exact) mass is 211 g/mol. The van der Waals surface area contributed by atoms with E-state index in [9.17, 15) is 4.79 Å². The Bertz CT molecular complexity index is 297. The van der Waals surface area contributed by atoms with E-state index in [0.717, 1.165) is 4.90 Å². The van der Waals surface area contributed by atoms with Crippen LogP contribution in [0.1, 0.15) is 10.4 Å². The molecule has 0 spiro atoms. The Kier molecular flexibility index (Phi) is 4.49. The van der Waals surface area contributed by atoms with E-state index in [4.69, 9.17) is 4.74 Å². The van der Waals surface area contributed by atoms with E-state index in [1.807, 2.05) is 18.4 Å². The summed E-state index contributed by atoms with van der Waals surface area (Å²) >= 11 is 1.65. The molecule has 0 fully saturated rings. The predicted molar refractivity (Wildman–Crippen MR) is 57.6 cm³/mol. The standard InChI is InChI=1S/C10H13NO2S/c1-13-7-11-10(12)8-3-5-9(14-2)6-4-8/h3-6H,7H2,1-2H3,(H,11,12). The highest BCUT2D eigenvalue weighted by molar-refractivity contribution is 7.98. The minimum absolute atomic E-state index is 0.112. The van der Waals surface area contributed by atoms with E-state index in [-0.39, 0.29) is 12.6 Å². The fourth-order valence-corrected chi connectivity index (χ4v) is 1.39. The number of rotatable bonds is 4. The van der Waals surface area contributed by atoms with Crippen molar-refractivity contribution in [1.82, 2.24) is 5.32 Å². The molecule has 1 amide bonds. The van der Waals surface area contributed by atoms with Gasteiger partial charge in [-0.3, -0.25) is 4.79 Å². The minimum atomic E-state index is -0.112. The fourth-order valence-electron chi connectivity index (χ4n) is 0.982. The number of benzene rings is 1. The number of ether oxygens (including phenoxy) is 1. The summed E-state index contributed by atoms with van der Waals surface area (Å²) in [6, 6.07) is 7.45. The van der Waals surface area contributed by atoms with Crippen molar-refractivity contribution in [3.8, 4) is 0 Å². The van der Waals surface area contributed by atoms with Crippen LogP contribution in [0.4, 0.5) is 0 Å². The molecule has 1 N–H and O–H groups in total. The molecule has 0 heterocycles. The molecule has 0 aliphatic carbocycles. The van der Waals surface area contributed by atoms with Crippen LogP contribution in [0.5, 0.6) is 0 Å². The normalized spacial score (nSPS) is 9.86. The number of nitrogens with one attached hydrogen (secondary N) is 1. The number of carbonyl (C=O) groups excluding carboxylic acids is 1. The molecule has 0 radical (unpaired) electrons. The highest BCUT2D eigenvalue weighted by atomic mass is 32.2. The predicted octanol–water partition coefficient (Wildman–Crippen LogP) is 1.74. The molecule has 76 valence electrons. The van der Waals surface area contributed by atoms with E-state index in [1.165, 1.54) is 7.11 Å². The van der Waals surface area contributed by atoms with Crippen molar-refractivity contribution in [2.45, 2.75) is 4.90 Å². The van der Waals surface area contributed by atoms with Gasteiger partial charge in [0, 0.05) is 17.6 Å². The largest absolute Gasteiger partial charge is 0.364 e. The first-order valence-corrected chi connectivity index (χ1v) is 5.41. The van der Waals surface area contributed by atoms with Crippen molar-refractivity contribution in [3.05, 3.63) is 29.8 Å². The Hall–Kier alpha value is -1.00. The summed E-state index contributed by atoms with van der Waals surface area (Å²) in [4.78, 5) is 12.6. The highest BCUT2D eigenvalue weighted by Gasteiger charge is 2.03. The zero-order valence-electron chi connectivity index (χ0n) is 8.24. The Balaban J connectivity index is 2.62. The molecule has 1 aromatic carbocycles. The highest BCUT2D eigenvalue weighted by Crippen LogP contribution is 2.14. The van der Waals surface area contributed by atoms with Crippen LogP contribution in [0.2, 0.25) is 0 Å². The summed E-state index contributed by atoms with van der Waals surface area (Å²) in [6.07, 6.45) is 2.00. The minimum Gasteiger partial charge on any atom is -0.364 e. The first-order valence-electron chi connectivity index (χ1n) is 4.19. The third-order valence-electron chi connectivity index (χ3n) is 1.73. The lowest BCUT2D eigenvalue weighted by atomic mass is 10.2. The van der Waals surface area contributed by atoms with E-state index in [1.54, 1.807) is 23.9 Å². The zero-order valence-corrected chi connectivity index (χ0v) is 9.06. The maximum Gasteiger partial charge on any atom is 0.253 e. The maximum absolute atomic E-state index is 11.4. The van der Waals surface area contributed by atoms with E-state index in [2.05, 4.69) is 5.32 Å². The molecule has 0 aliphatic heterocycles. The molecule has 0 saturated carbocycles. The van der Waals surface area contributed by atoms with Crippen LogP contribution < -0.4 is 5.32 Å². The van der Waals surface area contributed by atoms with Gasteiger partial charge in [0.15, 0.2) is 0 Å². The second kappa shape index (κ2) is 5.67. The van der Waals surface area contributed by atoms with Gasteiger partial charge in [-0.25, -0.2) is 0 Å². The quantitative estimate of drug-likeness (QED) is 0.609. The molecule has 4 heteroatoms. The van der Waals surface area contributed by atoms with E-state index < -0.39 is 0 Å². The van der Waals surface area contributed by atoms with Gasteiger partial charge >= 0.3 is 0 Å². The third kappa shape index (κ3) is 3.05. The summed E-state index contributed by atoms with van der Waals surface area (Å²) in [6.45, 7) is 0.239. The van der Waals surface area contributed by atoms with Gasteiger partial charge in [0.1, 0.15) is 6.73 Å². The molecule has 0 unspecified atom stereocenters. The SMILES string of the molecule is COCNC(=O)c1ccc(SC)cc1. The Labute approximate surface area is 87.8 Å². The van der Waals surface area contributed by atoms with Crippen molar-refractivity contribution in [2.24, 2.45) is 0 Å². The molecule has 0 saturated heterocycles. The summed E-state index contributed by atoms with van der Waals surface area (Å²) in [5.74, 6) is -0.112. The number of methoxy groups -OCH3 is 1. The molecule has 0 bridgehead atoms. The molecule has 0 aliphatic rings. The first-order chi connectivity index (χ1) is 6.77. The van der Waals surface area contributed by atoms with Crippen LogP contribution in [0, 0.1) is 0 Å². The average Bonchev–Trinajstić information content (AvgIpc) is 2.26. The van der Waals surface area contributed by atoms with Crippen molar-refractivity contribution >= 4 is 17.7 Å². The third-order valence-corrected chi connectivity index (χ3v) is 2.47. The molecule has 3 nitrogen and oxygen atoms in total. The summed E-state index contributed by atoms with van der Waals surface area (Å²) in [5.41, 5.74) is 0.653. The van der Waals surface area contributed by atoms with Crippen LogP contribution in [-0.2, 0) is 4.74 Å². The maximum atomic E-state index is 11.4. The summed E-state index contributed by atoms with van der Waals surface area (Å²) < 4.78 is 4.74. The smallest absolute Gasteiger partial charge is 0.253 e. The number of carbonyl (C=O) groups is 1. The Morgan fingerprint density at radius 2 is 2.07 bits per heavy atom. The summed E-state index contributed by atoms with van der Waals surface area (Å²) in [5, 5.41) is 2.62. The van der Waals surface area contributed by atoms with E-state index in [0.29, 0.717) is 5.56 Å². The van der Waals surface area contributed by atoms with E-state index >= 15 is 0 Å². The van der Waals surface area contributed by atoms with Crippen LogP contribution in [0.15, 0.2) is 29.2 Å². The molecular weight excluding hydrogens is 198 g/mol. The van der Waals surface area contributed by atoms with Gasteiger partial charge in [0.05, 0.1) is 0 Å². The van der Waals surface area contributed by atoms with Gasteiger partial charge in [-0.2, -0.15) is 0 Å². The number of hydrogen-bond donors (Lipinski definition) is 1. The average molecular weight is 211 g/mol. The lowest BCUT2D eigenvalue weighted by Gasteiger charge is -2.03. The molecule has 0 aromatic heterocycles. The van der Waals surface area contributed by atoms with Crippen molar-refractivity contribution in [2.75, 3.05) is 20.1 Å². The van der Waals surface area contributed by atoms with Crippen LogP contribution >= 0.6 is 11.8 Å². The van der Waals surface area contributed by atoms with Gasteiger partial charge in [0.2, 0.25) is 0 Å². The van der Waals surface area contributed by atoms with Gasteiger partial charge in [-0.15, -0.1) is 11.8 Å². The topological polar surface area (TPSA) is 38.3 Å². The number of amides is 1. The van der Waals surface area contributed by atoms with Gasteiger partial charge in [-0.1, -0.05) is 0 Å². The molecule has 1 rings (SSSR count). The van der Waals surface area contributed by atoms with Crippen LogP contribution in [0.25, 0.3) is 0 Å². The molecule has 1 aromatic rings. The molecule has 0 atom stereocenters. The fraction of sp³-hybridized carbons (Fsp3) is 0.300. The summed E-state index contributed by atoms with van der Waals surface area (Å²) in [7, 11) is 1.54. The molecule has 14 heavy (non-hydrogen) atoms. The van der Waals surface area contributed by atoms with Gasteiger partial charge in [0.25, 0.3) is 5.91 Å². The van der Waals surface area contributed by atoms with Crippen LogP contribution in [0.3, 0.4) is 0 Å². The first kappa shape index (κ1) is 11.1. The lowest BCUT2D eigenvalue weighted by Crippen LogP contribution is -2.25. The second-order valence-electron chi connectivity index (χ2n) is 2.67. The Morgan fingerprint density at radius 1 is 1.43 bits per heavy atom.